The van der Waals surface area contributed by atoms with Crippen LogP contribution in [-0.2, 0) is 6.54 Å². The highest BCUT2D eigenvalue weighted by Gasteiger charge is 2.26. The molecular formula is C22H28N6O. The van der Waals surface area contributed by atoms with Crippen LogP contribution in [-0.4, -0.2) is 39.9 Å². The van der Waals surface area contributed by atoms with Crippen molar-refractivity contribution in [3.8, 4) is 11.4 Å². The highest BCUT2D eigenvalue weighted by Crippen LogP contribution is 2.26. The van der Waals surface area contributed by atoms with Crippen molar-refractivity contribution in [1.29, 1.82) is 0 Å². The predicted octanol–water partition coefficient (Wildman–Crippen LogP) is 2.87. The molecule has 0 spiro atoms. The van der Waals surface area contributed by atoms with Crippen LogP contribution in [0.4, 0.5) is 0 Å². The summed E-state index contributed by atoms with van der Waals surface area (Å²) in [4.78, 5) is 0. The van der Waals surface area contributed by atoms with E-state index in [0.29, 0.717) is 18.6 Å². The van der Waals surface area contributed by atoms with Gasteiger partial charge in [-0.2, -0.15) is 4.68 Å². The van der Waals surface area contributed by atoms with Gasteiger partial charge in [0.15, 0.2) is 5.82 Å². The molecule has 1 saturated heterocycles. The zero-order chi connectivity index (χ0) is 20.2. The lowest BCUT2D eigenvalue weighted by Gasteiger charge is -2.34. The first-order valence-corrected chi connectivity index (χ1v) is 10.1. The highest BCUT2D eigenvalue weighted by atomic mass is 16.5. The third kappa shape index (κ3) is 4.31. The van der Waals surface area contributed by atoms with Crippen LogP contribution in [0, 0.1) is 13.8 Å². The van der Waals surface area contributed by atoms with E-state index in [1.165, 1.54) is 17.5 Å². The van der Waals surface area contributed by atoms with Gasteiger partial charge in [-0.25, -0.2) is 0 Å². The molecule has 0 aliphatic carbocycles. The Morgan fingerprint density at radius 2 is 2.00 bits per heavy atom. The number of tetrazole rings is 1. The largest absolute Gasteiger partial charge is 0.496 e. The minimum Gasteiger partial charge on any atom is -0.496 e. The second-order valence-electron chi connectivity index (χ2n) is 7.61. The van der Waals surface area contributed by atoms with Crippen LogP contribution < -0.4 is 15.4 Å². The summed E-state index contributed by atoms with van der Waals surface area (Å²) in [6, 6.07) is 15.5. The van der Waals surface area contributed by atoms with Gasteiger partial charge in [0.25, 0.3) is 0 Å². The number of benzene rings is 2. The Bertz CT molecular complexity index is 952. The summed E-state index contributed by atoms with van der Waals surface area (Å²) in [6.45, 7) is 5.78. The Labute approximate surface area is 171 Å². The second-order valence-corrected chi connectivity index (χ2v) is 7.61. The van der Waals surface area contributed by atoms with Crippen LogP contribution in [0.1, 0.15) is 41.4 Å². The first-order valence-electron chi connectivity index (χ1n) is 10.1. The zero-order valence-electron chi connectivity index (χ0n) is 17.2. The van der Waals surface area contributed by atoms with Crippen molar-refractivity contribution >= 4 is 0 Å². The van der Waals surface area contributed by atoms with Crippen LogP contribution in [0.5, 0.6) is 5.75 Å². The molecule has 0 radical (unpaired) electrons. The van der Waals surface area contributed by atoms with Gasteiger partial charge in [-0.15, -0.1) is 5.10 Å². The van der Waals surface area contributed by atoms with Crippen molar-refractivity contribution in [3.05, 3.63) is 65.0 Å². The Balaban J connectivity index is 1.53. The highest BCUT2D eigenvalue weighted by molar-refractivity contribution is 5.44. The van der Waals surface area contributed by atoms with E-state index in [1.807, 2.05) is 19.1 Å². The lowest BCUT2D eigenvalue weighted by molar-refractivity contribution is 0.303. The van der Waals surface area contributed by atoms with E-state index in [9.17, 15) is 0 Å². The van der Waals surface area contributed by atoms with Crippen LogP contribution in [0.3, 0.4) is 0 Å². The van der Waals surface area contributed by atoms with Crippen molar-refractivity contribution in [2.45, 2.75) is 45.3 Å². The molecule has 152 valence electrons. The number of methoxy groups -OCH3 is 1. The number of aromatic nitrogens is 4. The predicted molar refractivity (Wildman–Crippen MR) is 112 cm³/mol. The van der Waals surface area contributed by atoms with E-state index in [4.69, 9.17) is 4.74 Å². The molecule has 2 unspecified atom stereocenters. The topological polar surface area (TPSA) is 76.9 Å². The molecule has 0 amide bonds. The summed E-state index contributed by atoms with van der Waals surface area (Å²) in [5, 5.41) is 19.3. The zero-order valence-corrected chi connectivity index (χ0v) is 17.2. The maximum Gasteiger partial charge on any atom is 0.153 e. The first-order chi connectivity index (χ1) is 14.2. The van der Waals surface area contributed by atoms with E-state index < -0.39 is 0 Å². The van der Waals surface area contributed by atoms with Gasteiger partial charge in [-0.1, -0.05) is 29.8 Å². The van der Waals surface area contributed by atoms with E-state index in [2.05, 4.69) is 63.4 Å². The number of nitrogens with one attached hydrogen (secondary N) is 2. The molecule has 0 saturated carbocycles. The quantitative estimate of drug-likeness (QED) is 0.672. The average molecular weight is 393 g/mol. The summed E-state index contributed by atoms with van der Waals surface area (Å²) in [5.74, 6) is 1.62. The van der Waals surface area contributed by atoms with E-state index in [1.54, 1.807) is 11.8 Å². The number of nitrogens with zero attached hydrogens (tertiary/aromatic N) is 4. The van der Waals surface area contributed by atoms with Crippen LogP contribution in [0.2, 0.25) is 0 Å². The van der Waals surface area contributed by atoms with Gasteiger partial charge in [0.2, 0.25) is 0 Å². The van der Waals surface area contributed by atoms with Gasteiger partial charge in [0, 0.05) is 24.2 Å². The maximum atomic E-state index is 5.60. The van der Waals surface area contributed by atoms with E-state index in [-0.39, 0.29) is 0 Å². The Morgan fingerprint density at radius 1 is 1.17 bits per heavy atom. The lowest BCUT2D eigenvalue weighted by Crippen LogP contribution is -2.45. The van der Waals surface area contributed by atoms with Crippen LogP contribution in [0.15, 0.2) is 42.5 Å². The Morgan fingerprint density at radius 3 is 2.72 bits per heavy atom. The number of hydrogen-bond donors (Lipinski definition) is 2. The van der Waals surface area contributed by atoms with Gasteiger partial charge in [0.1, 0.15) is 5.75 Å². The van der Waals surface area contributed by atoms with E-state index >= 15 is 0 Å². The molecule has 7 nitrogen and oxygen atoms in total. The van der Waals surface area contributed by atoms with Crippen molar-refractivity contribution in [3.63, 3.8) is 0 Å². The molecule has 3 aromatic rings. The van der Waals surface area contributed by atoms with Crippen molar-refractivity contribution in [1.82, 2.24) is 30.8 Å². The monoisotopic (exact) mass is 392 g/mol. The fourth-order valence-electron chi connectivity index (χ4n) is 3.98. The fraction of sp³-hybridized carbons (Fsp3) is 0.409. The molecule has 2 aromatic carbocycles. The summed E-state index contributed by atoms with van der Waals surface area (Å²) >= 11 is 0. The average Bonchev–Trinajstić information content (AvgIpc) is 3.19. The van der Waals surface area contributed by atoms with E-state index in [0.717, 1.165) is 35.8 Å². The smallest absolute Gasteiger partial charge is 0.153 e. The SMILES string of the molecule is COc1ccc(-n2nnnc2C)cc1CNC1CCCNC1c1ccc(C)cc1. The minimum atomic E-state index is 0.306. The van der Waals surface area contributed by atoms with Crippen LogP contribution >= 0.6 is 0 Å². The Hall–Kier alpha value is -2.77. The molecular weight excluding hydrogens is 364 g/mol. The summed E-state index contributed by atoms with van der Waals surface area (Å²) in [5.41, 5.74) is 4.64. The van der Waals surface area contributed by atoms with Crippen molar-refractivity contribution in [2.75, 3.05) is 13.7 Å². The molecule has 1 aliphatic rings. The van der Waals surface area contributed by atoms with Crippen LogP contribution in [0.25, 0.3) is 5.69 Å². The lowest BCUT2D eigenvalue weighted by atomic mass is 9.91. The maximum absolute atomic E-state index is 5.60. The molecule has 1 aliphatic heterocycles. The number of piperidine rings is 1. The molecule has 2 N–H and O–H groups in total. The third-order valence-corrected chi connectivity index (χ3v) is 5.58. The second kappa shape index (κ2) is 8.71. The molecule has 29 heavy (non-hydrogen) atoms. The number of ether oxygens (including phenoxy) is 1. The standard InChI is InChI=1S/C22H28N6O/c1-15-6-8-17(9-7-15)22-20(5-4-12-23-22)24-14-18-13-19(10-11-21(18)29-3)28-16(2)25-26-27-28/h6-11,13,20,22-24H,4-5,12,14H2,1-3H3. The molecule has 4 rings (SSSR count). The number of rotatable bonds is 6. The summed E-state index contributed by atoms with van der Waals surface area (Å²) < 4.78 is 7.33. The van der Waals surface area contributed by atoms with Gasteiger partial charge in [-0.3, -0.25) is 0 Å². The number of hydrogen-bond acceptors (Lipinski definition) is 6. The minimum absolute atomic E-state index is 0.306. The van der Waals surface area contributed by atoms with Crippen molar-refractivity contribution in [2.24, 2.45) is 0 Å². The van der Waals surface area contributed by atoms with Gasteiger partial charge in [-0.05, 0) is 67.4 Å². The third-order valence-electron chi connectivity index (χ3n) is 5.58. The van der Waals surface area contributed by atoms with Gasteiger partial charge < -0.3 is 15.4 Å². The van der Waals surface area contributed by atoms with Gasteiger partial charge in [0.05, 0.1) is 12.8 Å². The molecule has 1 fully saturated rings. The summed E-state index contributed by atoms with van der Waals surface area (Å²) in [6.07, 6.45) is 2.31. The molecule has 1 aromatic heterocycles. The fourth-order valence-corrected chi connectivity index (χ4v) is 3.98. The van der Waals surface area contributed by atoms with Crippen molar-refractivity contribution < 1.29 is 4.74 Å². The Kier molecular flexibility index (Phi) is 5.87. The first kappa shape index (κ1) is 19.5. The summed E-state index contributed by atoms with van der Waals surface area (Å²) in [7, 11) is 1.71. The molecule has 2 atom stereocenters. The normalized spacial score (nSPS) is 19.3. The van der Waals surface area contributed by atoms with Gasteiger partial charge >= 0.3 is 0 Å². The molecule has 0 bridgehead atoms. The molecule has 2 heterocycles. The number of aryl methyl sites for hydroxylation is 2. The molecule has 7 heteroatoms.